The average molecular weight is 959 g/mol. The largest absolute Gasteiger partial charge is 1.00 e. The van der Waals surface area contributed by atoms with Crippen molar-refractivity contribution in [2.75, 3.05) is 13.7 Å². The molecule has 4 amide bonds. The number of nitrogens with zero attached hydrogens (tertiary/aromatic N) is 3. The maximum absolute atomic E-state index is 14.3. The second-order valence-corrected chi connectivity index (χ2v) is 19.6. The summed E-state index contributed by atoms with van der Waals surface area (Å²) in [6, 6.07) is 15.5. The zero-order valence-corrected chi connectivity index (χ0v) is 44.6. The van der Waals surface area contributed by atoms with E-state index in [1.807, 2.05) is 93.7 Å². The van der Waals surface area contributed by atoms with Crippen molar-refractivity contribution >= 4 is 54.5 Å². The van der Waals surface area contributed by atoms with Crippen LogP contribution in [0.3, 0.4) is 0 Å². The fourth-order valence-corrected chi connectivity index (χ4v) is 8.24. The van der Waals surface area contributed by atoms with Crippen molar-refractivity contribution in [3.05, 3.63) is 104 Å². The summed E-state index contributed by atoms with van der Waals surface area (Å²) < 4.78 is 27.5. The SMILES string of the molecule is CC(C)c1nc(CN(C)C(=O)N[C@H](C(=O)N[C@@H](Cc2ccccc2)C[C@H](OC(=O)CC(C)(C)COP(=O)([O-])[O-])[C@H](Cc2ccccc2)NC(=O)OCc2cncs2)C(C)C)cs1.[Na+].[Na+]. The summed E-state index contributed by atoms with van der Waals surface area (Å²) in [6.45, 7) is 10.4. The van der Waals surface area contributed by atoms with Crippen molar-refractivity contribution in [1.82, 2.24) is 30.8 Å². The van der Waals surface area contributed by atoms with Crippen LogP contribution in [0.2, 0.25) is 0 Å². The molecule has 64 heavy (non-hydrogen) atoms. The molecule has 0 saturated heterocycles. The van der Waals surface area contributed by atoms with Gasteiger partial charge < -0.3 is 49.2 Å². The molecule has 0 spiro atoms. The van der Waals surface area contributed by atoms with Gasteiger partial charge in [0.25, 0.3) is 0 Å². The van der Waals surface area contributed by atoms with E-state index in [0.717, 1.165) is 21.8 Å². The second-order valence-electron chi connectivity index (χ2n) is 16.6. The van der Waals surface area contributed by atoms with Crippen molar-refractivity contribution in [2.24, 2.45) is 11.3 Å². The number of thiazole rings is 2. The molecule has 0 aliphatic heterocycles. The second kappa shape index (κ2) is 27.8. The summed E-state index contributed by atoms with van der Waals surface area (Å²) >= 11 is 2.84. The van der Waals surface area contributed by atoms with Crippen LogP contribution in [0.5, 0.6) is 0 Å². The Bertz CT molecular complexity index is 2080. The first-order chi connectivity index (χ1) is 29.3. The van der Waals surface area contributed by atoms with Gasteiger partial charge in [-0.1, -0.05) is 102 Å². The van der Waals surface area contributed by atoms with Gasteiger partial charge in [-0.05, 0) is 35.3 Å². The molecular formula is C43H57N6Na2O10PS2. The van der Waals surface area contributed by atoms with Crippen LogP contribution in [-0.2, 0) is 54.1 Å². The number of alkyl carbamates (subject to hydrolysis) is 1. The molecule has 0 fully saturated rings. The molecule has 4 atom stereocenters. The first kappa shape index (κ1) is 57.4. The first-order valence-electron chi connectivity index (χ1n) is 20.3. The third-order valence-corrected chi connectivity index (χ3v) is 12.0. The molecule has 0 unspecified atom stereocenters. The van der Waals surface area contributed by atoms with E-state index in [-0.39, 0.29) is 110 Å². The van der Waals surface area contributed by atoms with Crippen molar-refractivity contribution in [1.29, 1.82) is 0 Å². The Morgan fingerprint density at radius 1 is 0.891 bits per heavy atom. The summed E-state index contributed by atoms with van der Waals surface area (Å²) in [5.41, 5.74) is 2.86. The molecule has 0 aliphatic rings. The van der Waals surface area contributed by atoms with Crippen LogP contribution in [0.25, 0.3) is 0 Å². The molecule has 0 radical (unpaired) electrons. The number of urea groups is 1. The quantitative estimate of drug-likeness (QED) is 0.0497. The molecule has 338 valence electrons. The van der Waals surface area contributed by atoms with Crippen molar-refractivity contribution in [3.8, 4) is 0 Å². The molecule has 3 N–H and O–H groups in total. The van der Waals surface area contributed by atoms with Crippen LogP contribution in [0.1, 0.15) is 87.0 Å². The van der Waals surface area contributed by atoms with Crippen molar-refractivity contribution in [2.45, 2.75) is 111 Å². The summed E-state index contributed by atoms with van der Waals surface area (Å²) in [7, 11) is -3.70. The number of nitrogens with one attached hydrogen (secondary N) is 3. The van der Waals surface area contributed by atoms with E-state index in [0.29, 0.717) is 4.88 Å². The third kappa shape index (κ3) is 20.9. The average Bonchev–Trinajstić information content (AvgIpc) is 3.91. The van der Waals surface area contributed by atoms with Crippen molar-refractivity contribution < 1.29 is 107 Å². The topological polar surface area (TPSA) is 224 Å². The van der Waals surface area contributed by atoms with Gasteiger partial charge in [0.2, 0.25) is 5.91 Å². The number of aromatic nitrogens is 2. The maximum atomic E-state index is 14.3. The predicted molar refractivity (Wildman–Crippen MR) is 233 cm³/mol. The Morgan fingerprint density at radius 3 is 2.06 bits per heavy atom. The number of hydrogen-bond donors (Lipinski definition) is 3. The van der Waals surface area contributed by atoms with Gasteiger partial charge >= 0.3 is 77.2 Å². The minimum atomic E-state index is -5.33. The molecule has 2 heterocycles. The Kier molecular flexibility index (Phi) is 25.0. The van der Waals surface area contributed by atoms with Gasteiger partial charge in [0.05, 0.1) is 54.5 Å². The van der Waals surface area contributed by atoms with Gasteiger partial charge in [0, 0.05) is 37.0 Å². The number of ether oxygens (including phenoxy) is 2. The van der Waals surface area contributed by atoms with Gasteiger partial charge in [0.1, 0.15) is 18.8 Å². The van der Waals surface area contributed by atoms with Crippen LogP contribution in [-0.4, -0.2) is 76.8 Å². The fraction of sp³-hybridized carbons (Fsp3) is 0.488. The van der Waals surface area contributed by atoms with Gasteiger partial charge in [-0.2, -0.15) is 0 Å². The number of carbonyl (C=O) groups excluding carboxylic acids is 4. The number of carbonyl (C=O) groups is 4. The number of hydrogen-bond acceptors (Lipinski definition) is 14. The number of phosphoric ester groups is 1. The minimum Gasteiger partial charge on any atom is -0.790 e. The van der Waals surface area contributed by atoms with Crippen LogP contribution in [0, 0.1) is 11.3 Å². The molecule has 16 nitrogen and oxygen atoms in total. The van der Waals surface area contributed by atoms with E-state index < -0.39 is 68.1 Å². The number of phosphoric acid groups is 1. The Morgan fingerprint density at radius 2 is 1.52 bits per heavy atom. The Labute approximate surface area is 428 Å². The summed E-state index contributed by atoms with van der Waals surface area (Å²) in [5.74, 6) is -1.33. The zero-order chi connectivity index (χ0) is 45.5. The number of benzene rings is 2. The number of rotatable bonds is 23. The van der Waals surface area contributed by atoms with E-state index in [1.54, 1.807) is 32.6 Å². The summed E-state index contributed by atoms with van der Waals surface area (Å²) in [5, 5.41) is 11.8. The van der Waals surface area contributed by atoms with Gasteiger partial charge in [-0.15, -0.1) is 22.7 Å². The van der Waals surface area contributed by atoms with E-state index >= 15 is 0 Å². The smallest absolute Gasteiger partial charge is 0.790 e. The molecule has 21 heteroatoms. The van der Waals surface area contributed by atoms with E-state index in [1.165, 1.54) is 27.6 Å². The van der Waals surface area contributed by atoms with Crippen molar-refractivity contribution in [3.63, 3.8) is 0 Å². The van der Waals surface area contributed by atoms with Crippen LogP contribution >= 0.6 is 30.5 Å². The summed E-state index contributed by atoms with van der Waals surface area (Å²) in [4.78, 5) is 88.5. The van der Waals surface area contributed by atoms with Gasteiger partial charge in [0.15, 0.2) is 0 Å². The molecule has 4 rings (SSSR count). The van der Waals surface area contributed by atoms with E-state index in [9.17, 15) is 33.5 Å². The van der Waals surface area contributed by atoms with Crippen LogP contribution in [0.4, 0.5) is 9.59 Å². The molecule has 4 aromatic rings. The predicted octanol–water partition coefficient (Wildman–Crippen LogP) is -0.274. The third-order valence-electron chi connectivity index (χ3n) is 9.62. The monoisotopic (exact) mass is 958 g/mol. The normalized spacial score (nSPS) is 13.4. The molecule has 2 aromatic carbocycles. The number of amides is 4. The Hall–Kier alpha value is -2.71. The van der Waals surface area contributed by atoms with E-state index in [4.69, 9.17) is 9.47 Å². The molecule has 0 saturated carbocycles. The first-order valence-corrected chi connectivity index (χ1v) is 23.5. The summed E-state index contributed by atoms with van der Waals surface area (Å²) in [6.07, 6.45) is -0.243. The number of esters is 1. The van der Waals surface area contributed by atoms with Crippen LogP contribution in [0.15, 0.2) is 77.8 Å². The molecule has 0 aliphatic carbocycles. The minimum absolute atomic E-state index is 0. The van der Waals surface area contributed by atoms with Crippen LogP contribution < -0.4 is 84.9 Å². The molecule has 0 bridgehead atoms. The maximum Gasteiger partial charge on any atom is 1.00 e. The Balaban J connectivity index is 0.00000704. The zero-order valence-electron chi connectivity index (χ0n) is 38.1. The molecular weight excluding hydrogens is 902 g/mol. The fourth-order valence-electron chi connectivity index (χ4n) is 6.40. The molecule has 2 aromatic heterocycles. The van der Waals surface area contributed by atoms with Gasteiger partial charge in [-0.25, -0.2) is 14.6 Å². The van der Waals surface area contributed by atoms with E-state index in [2.05, 4.69) is 30.4 Å². The standard InChI is InChI=1S/C43H59N6O10PS2.2Na/c1-28(2)38(48-41(52)49(7)23-33-25-61-40(46-33)29(3)4)39(51)45-32(18-30-14-10-8-11-15-30)20-36(59-37(50)21-43(5,6)26-58-60(54,55)56)35(19-31-16-12-9-13-17-31)47-42(53)57-24-34-22-44-27-62-34;;/h8-17,22,25,27-29,32,35-36,38H,18-21,23-24,26H2,1-7H3,(H,45,51)(H,47,53)(H,48,52)(H2,54,55,56);;/q;2*+1/p-2/t32-,35-,36-,38-;;/m0../s1. The van der Waals surface area contributed by atoms with Gasteiger partial charge in [-0.3, -0.25) is 14.6 Å².